The van der Waals surface area contributed by atoms with Gasteiger partial charge >= 0.3 is 0 Å². The predicted octanol–water partition coefficient (Wildman–Crippen LogP) is 3.12. The molecule has 1 heterocycles. The van der Waals surface area contributed by atoms with Crippen molar-refractivity contribution in [1.82, 2.24) is 5.32 Å². The minimum atomic E-state index is 0.923. The second-order valence-corrected chi connectivity index (χ2v) is 5.01. The Hall–Kier alpha value is -0.300. The summed E-state index contributed by atoms with van der Waals surface area (Å²) in [6.45, 7) is 4.84. The zero-order chi connectivity index (χ0) is 9.80. The van der Waals surface area contributed by atoms with Crippen molar-refractivity contribution in [2.24, 2.45) is 11.8 Å². The van der Waals surface area contributed by atoms with Gasteiger partial charge in [0, 0.05) is 0 Å². The molecule has 0 unspecified atom stereocenters. The van der Waals surface area contributed by atoms with Gasteiger partial charge < -0.3 is 5.32 Å². The van der Waals surface area contributed by atoms with Crippen LogP contribution < -0.4 is 5.32 Å². The van der Waals surface area contributed by atoms with E-state index in [-0.39, 0.29) is 0 Å². The first kappa shape index (κ1) is 10.2. The fraction of sp³-hybridized carbons (Fsp3) is 0.846. The van der Waals surface area contributed by atoms with Crippen molar-refractivity contribution in [3.63, 3.8) is 0 Å². The number of rotatable bonds is 2. The third kappa shape index (κ3) is 2.60. The summed E-state index contributed by atoms with van der Waals surface area (Å²) in [5.41, 5.74) is 1.68. The van der Waals surface area contributed by atoms with E-state index in [1.807, 2.05) is 0 Å². The fourth-order valence-electron chi connectivity index (χ4n) is 2.91. The predicted molar refractivity (Wildman–Crippen MR) is 61.3 cm³/mol. The molecule has 0 amide bonds. The minimum Gasteiger partial charge on any atom is -0.317 e. The average molecular weight is 193 g/mol. The highest BCUT2D eigenvalue weighted by Gasteiger charge is 2.20. The van der Waals surface area contributed by atoms with Crippen LogP contribution in [0.1, 0.15) is 45.4 Å². The molecule has 0 radical (unpaired) electrons. The Labute approximate surface area is 88.0 Å². The van der Waals surface area contributed by atoms with Crippen LogP contribution in [-0.4, -0.2) is 13.1 Å². The van der Waals surface area contributed by atoms with Crippen molar-refractivity contribution < 1.29 is 0 Å². The highest BCUT2D eigenvalue weighted by molar-refractivity contribution is 5.07. The second-order valence-electron chi connectivity index (χ2n) is 5.01. The minimum absolute atomic E-state index is 0.923. The summed E-state index contributed by atoms with van der Waals surface area (Å²) in [6.07, 6.45) is 10.9. The lowest BCUT2D eigenvalue weighted by Gasteiger charge is -2.29. The SMILES string of the molecule is CC1=CCCC[C@H]1CC1CCNCC1. The summed E-state index contributed by atoms with van der Waals surface area (Å²) in [5, 5.41) is 3.45. The van der Waals surface area contributed by atoms with Gasteiger partial charge in [-0.25, -0.2) is 0 Å². The lowest BCUT2D eigenvalue weighted by Crippen LogP contribution is -2.29. The summed E-state index contributed by atoms with van der Waals surface area (Å²) < 4.78 is 0. The second kappa shape index (κ2) is 4.97. The zero-order valence-corrected chi connectivity index (χ0v) is 9.39. The van der Waals surface area contributed by atoms with Crippen LogP contribution in [0.3, 0.4) is 0 Å². The number of hydrogen-bond acceptors (Lipinski definition) is 1. The molecule has 1 aliphatic heterocycles. The number of hydrogen-bond donors (Lipinski definition) is 1. The van der Waals surface area contributed by atoms with Crippen LogP contribution >= 0.6 is 0 Å². The number of piperidine rings is 1. The Morgan fingerprint density at radius 3 is 2.79 bits per heavy atom. The van der Waals surface area contributed by atoms with Gasteiger partial charge in [-0.05, 0) is 70.4 Å². The summed E-state index contributed by atoms with van der Waals surface area (Å²) in [6, 6.07) is 0. The summed E-state index contributed by atoms with van der Waals surface area (Å²) in [4.78, 5) is 0. The maximum atomic E-state index is 3.45. The van der Waals surface area contributed by atoms with E-state index < -0.39 is 0 Å². The lowest BCUT2D eigenvalue weighted by molar-refractivity contribution is 0.302. The van der Waals surface area contributed by atoms with Crippen molar-refractivity contribution in [2.45, 2.75) is 45.4 Å². The number of nitrogens with one attached hydrogen (secondary N) is 1. The van der Waals surface area contributed by atoms with Crippen molar-refractivity contribution in [3.05, 3.63) is 11.6 Å². The van der Waals surface area contributed by atoms with Gasteiger partial charge in [-0.2, -0.15) is 0 Å². The van der Waals surface area contributed by atoms with E-state index in [0.29, 0.717) is 0 Å². The average Bonchev–Trinajstić information content (AvgIpc) is 2.23. The van der Waals surface area contributed by atoms with Gasteiger partial charge in [0.25, 0.3) is 0 Å². The van der Waals surface area contributed by atoms with Crippen molar-refractivity contribution in [2.75, 3.05) is 13.1 Å². The standard InChI is InChI=1S/C13H23N/c1-11-4-2-3-5-13(11)10-12-6-8-14-9-7-12/h4,12-14H,2-3,5-10H2,1H3/t13-/m0/s1. The fourth-order valence-corrected chi connectivity index (χ4v) is 2.91. The quantitative estimate of drug-likeness (QED) is 0.664. The Morgan fingerprint density at radius 2 is 2.07 bits per heavy atom. The molecular formula is C13H23N. The van der Waals surface area contributed by atoms with Gasteiger partial charge in [-0.3, -0.25) is 0 Å². The molecule has 0 bridgehead atoms. The Balaban J connectivity index is 1.83. The van der Waals surface area contributed by atoms with E-state index in [4.69, 9.17) is 0 Å². The molecule has 0 aromatic rings. The molecule has 2 aliphatic rings. The molecule has 1 nitrogen and oxygen atoms in total. The third-order valence-corrected chi connectivity index (χ3v) is 3.94. The molecule has 0 aromatic heterocycles. The molecule has 2 rings (SSSR count). The lowest BCUT2D eigenvalue weighted by atomic mass is 9.79. The van der Waals surface area contributed by atoms with E-state index in [9.17, 15) is 0 Å². The summed E-state index contributed by atoms with van der Waals surface area (Å²) in [5.74, 6) is 1.93. The van der Waals surface area contributed by atoms with Crippen LogP contribution in [0, 0.1) is 11.8 Å². The smallest absolute Gasteiger partial charge is 0.00463 e. The first-order valence-corrected chi connectivity index (χ1v) is 6.23. The molecule has 0 spiro atoms. The highest BCUT2D eigenvalue weighted by Crippen LogP contribution is 2.32. The molecule has 80 valence electrons. The Bertz CT molecular complexity index is 201. The molecule has 1 heteroatoms. The molecule has 1 atom stereocenters. The first-order valence-electron chi connectivity index (χ1n) is 6.23. The molecule has 1 aliphatic carbocycles. The summed E-state index contributed by atoms with van der Waals surface area (Å²) in [7, 11) is 0. The highest BCUT2D eigenvalue weighted by atomic mass is 14.9. The van der Waals surface area contributed by atoms with Gasteiger partial charge in [0.05, 0.1) is 0 Å². The normalized spacial score (nSPS) is 30.1. The van der Waals surface area contributed by atoms with Gasteiger partial charge in [-0.1, -0.05) is 11.6 Å². The van der Waals surface area contributed by atoms with E-state index in [1.165, 1.54) is 51.6 Å². The molecule has 0 saturated carbocycles. The van der Waals surface area contributed by atoms with Crippen molar-refractivity contribution in [1.29, 1.82) is 0 Å². The zero-order valence-electron chi connectivity index (χ0n) is 9.39. The topological polar surface area (TPSA) is 12.0 Å². The van der Waals surface area contributed by atoms with Gasteiger partial charge in [0.2, 0.25) is 0 Å². The molecule has 14 heavy (non-hydrogen) atoms. The van der Waals surface area contributed by atoms with E-state index in [1.54, 1.807) is 5.57 Å². The van der Waals surface area contributed by atoms with Gasteiger partial charge in [0.15, 0.2) is 0 Å². The molecule has 1 saturated heterocycles. The van der Waals surface area contributed by atoms with Crippen LogP contribution in [0.4, 0.5) is 0 Å². The molecule has 1 fully saturated rings. The van der Waals surface area contributed by atoms with Gasteiger partial charge in [-0.15, -0.1) is 0 Å². The van der Waals surface area contributed by atoms with Crippen LogP contribution in [0.5, 0.6) is 0 Å². The first-order chi connectivity index (χ1) is 6.86. The maximum Gasteiger partial charge on any atom is -0.00463 e. The number of allylic oxidation sites excluding steroid dienone is 2. The van der Waals surface area contributed by atoms with E-state index in [0.717, 1.165) is 11.8 Å². The van der Waals surface area contributed by atoms with Crippen molar-refractivity contribution >= 4 is 0 Å². The van der Waals surface area contributed by atoms with E-state index >= 15 is 0 Å². The molecular weight excluding hydrogens is 170 g/mol. The summed E-state index contributed by atoms with van der Waals surface area (Å²) >= 11 is 0. The van der Waals surface area contributed by atoms with Crippen LogP contribution in [0.15, 0.2) is 11.6 Å². The van der Waals surface area contributed by atoms with Crippen LogP contribution in [-0.2, 0) is 0 Å². The third-order valence-electron chi connectivity index (χ3n) is 3.94. The van der Waals surface area contributed by atoms with Crippen LogP contribution in [0.2, 0.25) is 0 Å². The van der Waals surface area contributed by atoms with E-state index in [2.05, 4.69) is 18.3 Å². The van der Waals surface area contributed by atoms with Crippen molar-refractivity contribution in [3.8, 4) is 0 Å². The maximum absolute atomic E-state index is 3.45. The van der Waals surface area contributed by atoms with Gasteiger partial charge in [0.1, 0.15) is 0 Å². The largest absolute Gasteiger partial charge is 0.317 e. The molecule has 0 aromatic carbocycles. The Morgan fingerprint density at radius 1 is 1.29 bits per heavy atom. The monoisotopic (exact) mass is 193 g/mol. The Kier molecular flexibility index (Phi) is 3.63. The van der Waals surface area contributed by atoms with Crippen LogP contribution in [0.25, 0.3) is 0 Å². The molecule has 1 N–H and O–H groups in total.